The van der Waals surface area contributed by atoms with Crippen LogP contribution in [0, 0.1) is 5.92 Å². The quantitative estimate of drug-likeness (QED) is 0.855. The van der Waals surface area contributed by atoms with Crippen LogP contribution in [0.5, 0.6) is 5.75 Å². The lowest BCUT2D eigenvalue weighted by Gasteiger charge is -2.20. The van der Waals surface area contributed by atoms with Gasteiger partial charge in [-0.3, -0.25) is 4.79 Å². The van der Waals surface area contributed by atoms with Crippen LogP contribution in [0.2, 0.25) is 0 Å². The lowest BCUT2D eigenvalue weighted by atomic mass is 9.92. The monoisotopic (exact) mass is 287 g/mol. The van der Waals surface area contributed by atoms with Crippen LogP contribution >= 0.6 is 0 Å². The molecule has 1 aromatic carbocycles. The average Bonchev–Trinajstić information content (AvgIpc) is 2.97. The number of H-pyrrole nitrogens is 1. The third-order valence-electron chi connectivity index (χ3n) is 3.93. The Kier molecular flexibility index (Phi) is 4.25. The second-order valence-corrected chi connectivity index (χ2v) is 5.51. The number of hydrogen-bond acceptors (Lipinski definition) is 3. The number of rotatable bonds is 5. The molecule has 4 heteroatoms. The van der Waals surface area contributed by atoms with Gasteiger partial charge < -0.3 is 14.5 Å². The second kappa shape index (κ2) is 6.31. The zero-order valence-corrected chi connectivity index (χ0v) is 12.4. The number of aromatic amines is 1. The number of nitrogens with one attached hydrogen (secondary N) is 1. The predicted octanol–water partition coefficient (Wildman–Crippen LogP) is 3.57. The van der Waals surface area contributed by atoms with Crippen LogP contribution in [0.25, 0.3) is 10.9 Å². The molecule has 2 heterocycles. The van der Waals surface area contributed by atoms with E-state index in [0.717, 1.165) is 48.1 Å². The van der Waals surface area contributed by atoms with Gasteiger partial charge in [0.05, 0.1) is 18.6 Å². The van der Waals surface area contributed by atoms with Crippen LogP contribution in [0.3, 0.4) is 0 Å². The summed E-state index contributed by atoms with van der Waals surface area (Å²) in [5, 5.41) is 0.904. The van der Waals surface area contributed by atoms with E-state index in [2.05, 4.69) is 11.9 Å². The first-order chi connectivity index (χ1) is 10.3. The van der Waals surface area contributed by atoms with E-state index >= 15 is 0 Å². The van der Waals surface area contributed by atoms with Crippen LogP contribution in [-0.2, 0) is 4.74 Å². The van der Waals surface area contributed by atoms with Crippen molar-refractivity contribution >= 4 is 16.7 Å². The van der Waals surface area contributed by atoms with E-state index in [-0.39, 0.29) is 11.7 Å². The fourth-order valence-corrected chi connectivity index (χ4v) is 2.85. The molecule has 0 spiro atoms. The van der Waals surface area contributed by atoms with Crippen LogP contribution in [0.15, 0.2) is 24.4 Å². The number of hydrogen-bond donors (Lipinski definition) is 1. The number of Topliss-reactive ketones (excluding diaryl/α,β-unsaturated/α-hetero) is 1. The molecule has 112 valence electrons. The van der Waals surface area contributed by atoms with Gasteiger partial charge in [-0.1, -0.05) is 13.0 Å². The van der Waals surface area contributed by atoms with Gasteiger partial charge in [-0.05, 0) is 31.4 Å². The van der Waals surface area contributed by atoms with Crippen molar-refractivity contribution in [2.45, 2.75) is 26.2 Å². The first-order valence-electron chi connectivity index (χ1n) is 7.66. The molecule has 0 amide bonds. The molecule has 0 saturated carbocycles. The minimum atomic E-state index is -0.0306. The lowest BCUT2D eigenvalue weighted by molar-refractivity contribution is 0.0462. The summed E-state index contributed by atoms with van der Waals surface area (Å²) >= 11 is 0. The van der Waals surface area contributed by atoms with Gasteiger partial charge in [0.15, 0.2) is 5.78 Å². The Bertz CT molecular complexity index is 626. The van der Waals surface area contributed by atoms with Gasteiger partial charge in [0.2, 0.25) is 0 Å². The van der Waals surface area contributed by atoms with E-state index in [1.807, 2.05) is 18.2 Å². The standard InChI is InChI=1S/C17H21NO3/c1-2-8-21-15-7-3-6-14-16(15)13(10-18-14)17(19)12-5-4-9-20-11-12/h3,6-7,10,12,18H,2,4-5,8-9,11H2,1H3. The maximum absolute atomic E-state index is 12.7. The molecule has 1 unspecified atom stereocenters. The van der Waals surface area contributed by atoms with Crippen LogP contribution in [-0.4, -0.2) is 30.6 Å². The highest BCUT2D eigenvalue weighted by Crippen LogP contribution is 2.31. The Labute approximate surface area is 124 Å². The zero-order valence-electron chi connectivity index (χ0n) is 12.4. The first kappa shape index (κ1) is 14.1. The molecule has 0 radical (unpaired) electrons. The molecule has 0 aliphatic carbocycles. The Hall–Kier alpha value is -1.81. The molecule has 1 aliphatic heterocycles. The van der Waals surface area contributed by atoms with Gasteiger partial charge in [-0.15, -0.1) is 0 Å². The highest BCUT2D eigenvalue weighted by Gasteiger charge is 2.26. The maximum atomic E-state index is 12.7. The SMILES string of the molecule is CCCOc1cccc2[nH]cc(C(=O)C3CCCOC3)c12. The molecule has 1 aromatic heterocycles. The number of ketones is 1. The molecule has 2 aromatic rings. The maximum Gasteiger partial charge on any atom is 0.170 e. The molecular formula is C17H21NO3. The van der Waals surface area contributed by atoms with E-state index in [1.165, 1.54) is 0 Å². The third kappa shape index (κ3) is 2.81. The van der Waals surface area contributed by atoms with Crippen molar-refractivity contribution in [2.24, 2.45) is 5.92 Å². The summed E-state index contributed by atoms with van der Waals surface area (Å²) in [6, 6.07) is 5.85. The van der Waals surface area contributed by atoms with Crippen LogP contribution in [0.1, 0.15) is 36.5 Å². The second-order valence-electron chi connectivity index (χ2n) is 5.51. The summed E-state index contributed by atoms with van der Waals surface area (Å²) in [6.45, 7) is 4.03. The Morgan fingerprint density at radius 2 is 2.38 bits per heavy atom. The summed E-state index contributed by atoms with van der Waals surface area (Å²) in [4.78, 5) is 15.9. The highest BCUT2D eigenvalue weighted by atomic mass is 16.5. The Morgan fingerprint density at radius 3 is 3.14 bits per heavy atom. The molecule has 1 aliphatic rings. The molecule has 0 bridgehead atoms. The van der Waals surface area contributed by atoms with Crippen LogP contribution < -0.4 is 4.74 Å². The normalized spacial score (nSPS) is 18.8. The summed E-state index contributed by atoms with van der Waals surface area (Å²) in [7, 11) is 0. The van der Waals surface area contributed by atoms with Crippen molar-refractivity contribution in [2.75, 3.05) is 19.8 Å². The molecule has 3 rings (SSSR count). The smallest absolute Gasteiger partial charge is 0.170 e. The number of carbonyl (C=O) groups excluding carboxylic acids is 1. The number of carbonyl (C=O) groups is 1. The Balaban J connectivity index is 1.95. The van der Waals surface area contributed by atoms with Gasteiger partial charge in [-0.25, -0.2) is 0 Å². The van der Waals surface area contributed by atoms with Gasteiger partial charge in [0.25, 0.3) is 0 Å². The average molecular weight is 287 g/mol. The zero-order chi connectivity index (χ0) is 14.7. The molecule has 1 fully saturated rings. The topological polar surface area (TPSA) is 51.3 Å². The fraction of sp³-hybridized carbons (Fsp3) is 0.471. The van der Waals surface area contributed by atoms with Crippen molar-refractivity contribution in [3.8, 4) is 5.75 Å². The molecule has 21 heavy (non-hydrogen) atoms. The highest BCUT2D eigenvalue weighted by molar-refractivity contribution is 6.11. The van der Waals surface area contributed by atoms with Crippen molar-refractivity contribution in [1.29, 1.82) is 0 Å². The first-order valence-corrected chi connectivity index (χ1v) is 7.66. The van der Waals surface area contributed by atoms with E-state index in [0.29, 0.717) is 13.2 Å². The minimum absolute atomic E-state index is 0.0306. The third-order valence-corrected chi connectivity index (χ3v) is 3.93. The van der Waals surface area contributed by atoms with Crippen molar-refractivity contribution in [3.05, 3.63) is 30.0 Å². The van der Waals surface area contributed by atoms with Gasteiger partial charge in [0.1, 0.15) is 5.75 Å². The molecule has 4 nitrogen and oxygen atoms in total. The van der Waals surface area contributed by atoms with Crippen molar-refractivity contribution < 1.29 is 14.3 Å². The lowest BCUT2D eigenvalue weighted by Crippen LogP contribution is -2.25. The summed E-state index contributed by atoms with van der Waals surface area (Å²) in [6.07, 6.45) is 4.61. The molecule has 1 N–H and O–H groups in total. The molecular weight excluding hydrogens is 266 g/mol. The molecule has 1 saturated heterocycles. The number of ether oxygens (including phenoxy) is 2. The number of benzene rings is 1. The van der Waals surface area contributed by atoms with Crippen molar-refractivity contribution in [3.63, 3.8) is 0 Å². The number of aromatic nitrogens is 1. The van der Waals surface area contributed by atoms with E-state index < -0.39 is 0 Å². The Morgan fingerprint density at radius 1 is 1.48 bits per heavy atom. The van der Waals surface area contributed by atoms with Gasteiger partial charge in [0, 0.05) is 29.8 Å². The summed E-state index contributed by atoms with van der Waals surface area (Å²) in [5.74, 6) is 0.918. The fourth-order valence-electron chi connectivity index (χ4n) is 2.85. The van der Waals surface area contributed by atoms with Crippen LogP contribution in [0.4, 0.5) is 0 Å². The summed E-state index contributed by atoms with van der Waals surface area (Å²) in [5.41, 5.74) is 1.68. The summed E-state index contributed by atoms with van der Waals surface area (Å²) < 4.78 is 11.2. The van der Waals surface area contributed by atoms with Gasteiger partial charge in [-0.2, -0.15) is 0 Å². The van der Waals surface area contributed by atoms with Crippen molar-refractivity contribution in [1.82, 2.24) is 4.98 Å². The van der Waals surface area contributed by atoms with E-state index in [4.69, 9.17) is 9.47 Å². The minimum Gasteiger partial charge on any atom is -0.493 e. The molecule has 1 atom stereocenters. The number of fused-ring (bicyclic) bond motifs is 1. The predicted molar refractivity (Wildman–Crippen MR) is 82.0 cm³/mol. The van der Waals surface area contributed by atoms with E-state index in [1.54, 1.807) is 6.20 Å². The van der Waals surface area contributed by atoms with Gasteiger partial charge >= 0.3 is 0 Å². The largest absolute Gasteiger partial charge is 0.493 e. The van der Waals surface area contributed by atoms with E-state index in [9.17, 15) is 4.79 Å².